The lowest BCUT2D eigenvalue weighted by Crippen LogP contribution is -2.37. The Morgan fingerprint density at radius 1 is 0.966 bits per heavy atom. The molecule has 6 nitrogen and oxygen atoms in total. The fraction of sp³-hybridized carbons (Fsp3) is 0.435. The topological polar surface area (TPSA) is 57.2 Å². The molecule has 0 radical (unpaired) electrons. The number of benzene rings is 2. The highest BCUT2D eigenvalue weighted by Gasteiger charge is 2.30. The van der Waals surface area contributed by atoms with Crippen LogP contribution in [0.2, 0.25) is 0 Å². The number of hydrogen-bond donors (Lipinski definition) is 0. The molecule has 152 valence electrons. The van der Waals surface area contributed by atoms with Gasteiger partial charge in [0, 0.05) is 42.6 Å². The number of carbonyl (C=O) groups is 1. The van der Waals surface area contributed by atoms with Gasteiger partial charge in [-0.15, -0.1) is 0 Å². The molecule has 6 heteroatoms. The van der Waals surface area contributed by atoms with E-state index >= 15 is 0 Å². The highest BCUT2D eigenvalue weighted by Crippen LogP contribution is 2.41. The molecule has 0 unspecified atom stereocenters. The summed E-state index contributed by atoms with van der Waals surface area (Å²) in [6.45, 7) is 2.65. The van der Waals surface area contributed by atoms with E-state index in [1.165, 1.54) is 5.56 Å². The van der Waals surface area contributed by atoms with Crippen LogP contribution in [-0.4, -0.2) is 44.8 Å². The van der Waals surface area contributed by atoms with Gasteiger partial charge >= 0.3 is 0 Å². The lowest BCUT2D eigenvalue weighted by atomic mass is 9.95. The minimum absolute atomic E-state index is 0.128. The van der Waals surface area contributed by atoms with Crippen molar-refractivity contribution in [3.8, 4) is 23.0 Å². The van der Waals surface area contributed by atoms with Crippen LogP contribution in [0, 0.1) is 0 Å². The molecule has 0 fully saturated rings. The Morgan fingerprint density at radius 2 is 1.72 bits per heavy atom. The molecule has 0 saturated carbocycles. The molecule has 0 aromatic heterocycles. The molecule has 29 heavy (non-hydrogen) atoms. The first-order chi connectivity index (χ1) is 14.2. The number of nitrogens with zero attached hydrogens (tertiary/aromatic N) is 1. The van der Waals surface area contributed by atoms with Gasteiger partial charge in [-0.25, -0.2) is 0 Å². The molecule has 0 N–H and O–H groups in total. The predicted octanol–water partition coefficient (Wildman–Crippen LogP) is 2.70. The van der Waals surface area contributed by atoms with Crippen LogP contribution in [0.5, 0.6) is 23.0 Å². The number of fused-ring (bicyclic) bond motifs is 3. The Labute approximate surface area is 170 Å². The maximum absolute atomic E-state index is 13.2. The van der Waals surface area contributed by atoms with Crippen molar-refractivity contribution in [2.24, 2.45) is 0 Å². The first-order valence-electron chi connectivity index (χ1n) is 10.1. The summed E-state index contributed by atoms with van der Waals surface area (Å²) in [6, 6.07) is 6.11. The van der Waals surface area contributed by atoms with Crippen LogP contribution in [0.3, 0.4) is 0 Å². The van der Waals surface area contributed by atoms with Crippen LogP contribution in [-0.2, 0) is 37.0 Å². The van der Waals surface area contributed by atoms with Gasteiger partial charge in [0.15, 0.2) is 11.5 Å². The van der Waals surface area contributed by atoms with Crippen molar-refractivity contribution in [3.05, 3.63) is 46.0 Å². The van der Waals surface area contributed by atoms with E-state index in [4.69, 9.17) is 18.9 Å². The molecule has 2 aromatic carbocycles. The van der Waals surface area contributed by atoms with Crippen molar-refractivity contribution >= 4 is 5.91 Å². The fourth-order valence-electron chi connectivity index (χ4n) is 4.63. The summed E-state index contributed by atoms with van der Waals surface area (Å²) in [6.07, 6.45) is 2.89. The van der Waals surface area contributed by atoms with E-state index in [0.29, 0.717) is 38.5 Å². The lowest BCUT2D eigenvalue weighted by Gasteiger charge is -2.30. The van der Waals surface area contributed by atoms with Gasteiger partial charge < -0.3 is 23.8 Å². The van der Waals surface area contributed by atoms with Crippen LogP contribution < -0.4 is 18.9 Å². The minimum Gasteiger partial charge on any atom is -0.493 e. The first-order valence-corrected chi connectivity index (χ1v) is 10.1. The highest BCUT2D eigenvalue weighted by molar-refractivity contribution is 5.81. The lowest BCUT2D eigenvalue weighted by molar-refractivity contribution is -0.131. The molecule has 1 amide bonds. The predicted molar refractivity (Wildman–Crippen MR) is 107 cm³/mol. The standard InChI is InChI=1S/C23H25NO5/c1-26-20-9-14-3-6-24(13-16(14)11-21(20)27-2)22(25)12-18-17-5-8-28-19(17)10-15-4-7-29-23(15)18/h9-11H,3-8,12-13H2,1-2H3. The van der Waals surface area contributed by atoms with Crippen LogP contribution in [0.25, 0.3) is 0 Å². The summed E-state index contributed by atoms with van der Waals surface area (Å²) in [5, 5.41) is 0. The Bertz CT molecular complexity index is 952. The Kier molecular flexibility index (Phi) is 4.49. The molecule has 3 aliphatic rings. The van der Waals surface area contributed by atoms with E-state index in [2.05, 4.69) is 6.07 Å². The number of carbonyl (C=O) groups excluding carboxylic acids is 1. The van der Waals surface area contributed by atoms with Crippen LogP contribution in [0.4, 0.5) is 0 Å². The van der Waals surface area contributed by atoms with Gasteiger partial charge in [0.25, 0.3) is 0 Å². The van der Waals surface area contributed by atoms with Gasteiger partial charge in [-0.1, -0.05) is 0 Å². The number of amides is 1. The number of rotatable bonds is 4. The molecule has 2 aromatic rings. The van der Waals surface area contributed by atoms with Crippen molar-refractivity contribution in [1.82, 2.24) is 4.90 Å². The molecule has 5 rings (SSSR count). The van der Waals surface area contributed by atoms with E-state index in [1.54, 1.807) is 14.2 Å². The SMILES string of the molecule is COc1cc2c(cc1OC)CN(C(=O)Cc1c3c(cc4c1OCC4)OCC3)CC2. The summed E-state index contributed by atoms with van der Waals surface area (Å²) in [5.74, 6) is 3.40. The Balaban J connectivity index is 1.40. The second-order valence-electron chi connectivity index (χ2n) is 7.73. The van der Waals surface area contributed by atoms with Crippen molar-refractivity contribution in [3.63, 3.8) is 0 Å². The smallest absolute Gasteiger partial charge is 0.227 e. The normalized spacial score (nSPS) is 16.4. The maximum atomic E-state index is 13.2. The second kappa shape index (κ2) is 7.17. The molecule has 0 atom stereocenters. The molecule has 0 aliphatic carbocycles. The highest BCUT2D eigenvalue weighted by atomic mass is 16.5. The number of methoxy groups -OCH3 is 2. The van der Waals surface area contributed by atoms with Gasteiger partial charge in [0.2, 0.25) is 5.91 Å². The summed E-state index contributed by atoms with van der Waals surface area (Å²) < 4.78 is 22.5. The van der Waals surface area contributed by atoms with E-state index < -0.39 is 0 Å². The zero-order valence-electron chi connectivity index (χ0n) is 16.9. The quantitative estimate of drug-likeness (QED) is 0.797. The summed E-state index contributed by atoms with van der Waals surface area (Å²) >= 11 is 0. The van der Waals surface area contributed by atoms with E-state index in [0.717, 1.165) is 58.8 Å². The molecule has 0 saturated heterocycles. The molecular weight excluding hydrogens is 370 g/mol. The summed E-state index contributed by atoms with van der Waals surface area (Å²) in [4.78, 5) is 15.2. The Morgan fingerprint density at radius 3 is 2.52 bits per heavy atom. The molecule has 0 spiro atoms. The van der Waals surface area contributed by atoms with Crippen molar-refractivity contribution in [2.45, 2.75) is 32.2 Å². The third-order valence-electron chi connectivity index (χ3n) is 6.16. The van der Waals surface area contributed by atoms with Crippen LogP contribution in [0.1, 0.15) is 27.8 Å². The molecule has 3 heterocycles. The minimum atomic E-state index is 0.128. The van der Waals surface area contributed by atoms with E-state index in [-0.39, 0.29) is 5.91 Å². The first kappa shape index (κ1) is 18.2. The molecule has 0 bridgehead atoms. The van der Waals surface area contributed by atoms with Crippen LogP contribution >= 0.6 is 0 Å². The van der Waals surface area contributed by atoms with E-state index in [1.807, 2.05) is 17.0 Å². The average molecular weight is 395 g/mol. The van der Waals surface area contributed by atoms with Crippen molar-refractivity contribution < 1.29 is 23.7 Å². The zero-order chi connectivity index (χ0) is 20.0. The number of ether oxygens (including phenoxy) is 4. The molecule has 3 aliphatic heterocycles. The maximum Gasteiger partial charge on any atom is 0.227 e. The van der Waals surface area contributed by atoms with Gasteiger partial charge in [-0.2, -0.15) is 0 Å². The van der Waals surface area contributed by atoms with Crippen LogP contribution in [0.15, 0.2) is 18.2 Å². The second-order valence-corrected chi connectivity index (χ2v) is 7.73. The van der Waals surface area contributed by atoms with Gasteiger partial charge in [0.05, 0.1) is 33.9 Å². The largest absolute Gasteiger partial charge is 0.493 e. The third-order valence-corrected chi connectivity index (χ3v) is 6.16. The number of hydrogen-bond acceptors (Lipinski definition) is 5. The van der Waals surface area contributed by atoms with E-state index in [9.17, 15) is 4.79 Å². The Hall–Kier alpha value is -2.89. The van der Waals surface area contributed by atoms with Gasteiger partial charge in [0.1, 0.15) is 11.5 Å². The van der Waals surface area contributed by atoms with Crippen molar-refractivity contribution in [1.29, 1.82) is 0 Å². The monoisotopic (exact) mass is 395 g/mol. The summed E-state index contributed by atoms with van der Waals surface area (Å²) in [7, 11) is 3.28. The summed E-state index contributed by atoms with van der Waals surface area (Å²) in [5.41, 5.74) is 5.66. The third kappa shape index (κ3) is 3.07. The fourth-order valence-corrected chi connectivity index (χ4v) is 4.63. The van der Waals surface area contributed by atoms with Crippen molar-refractivity contribution in [2.75, 3.05) is 34.0 Å². The zero-order valence-corrected chi connectivity index (χ0v) is 16.9. The average Bonchev–Trinajstić information content (AvgIpc) is 3.41. The van der Waals surface area contributed by atoms with Gasteiger partial charge in [-0.05, 0) is 35.7 Å². The van der Waals surface area contributed by atoms with Gasteiger partial charge in [-0.3, -0.25) is 4.79 Å². The molecular formula is C23H25NO5.